The molecule has 9 nitrogen and oxygen atoms in total. The quantitative estimate of drug-likeness (QED) is 0.336. The van der Waals surface area contributed by atoms with Crippen LogP contribution in [0.5, 0.6) is 5.75 Å². The summed E-state index contributed by atoms with van der Waals surface area (Å²) >= 11 is 0. The minimum Gasteiger partial charge on any atom is -0.494 e. The number of alkyl halides is 3. The lowest BCUT2D eigenvalue weighted by Crippen LogP contribution is -2.53. The second-order valence-electron chi connectivity index (χ2n) is 13.0. The number of aromatic nitrogens is 2. The smallest absolute Gasteiger partial charge is 0.419 e. The fraction of sp³-hybridized carbons (Fsp3) is 0.500. The van der Waals surface area contributed by atoms with E-state index in [2.05, 4.69) is 42.3 Å². The number of halogens is 3. The van der Waals surface area contributed by atoms with Crippen molar-refractivity contribution in [3.05, 3.63) is 65.0 Å². The predicted octanol–water partition coefficient (Wildman–Crippen LogP) is 5.48. The number of hydrogen-bond acceptors (Lipinski definition) is 8. The van der Waals surface area contributed by atoms with Gasteiger partial charge in [0.1, 0.15) is 5.75 Å². The van der Waals surface area contributed by atoms with Gasteiger partial charge in [-0.2, -0.15) is 13.2 Å². The van der Waals surface area contributed by atoms with E-state index in [9.17, 15) is 18.0 Å². The number of fused-ring (bicyclic) bond motifs is 1. The molecule has 4 heterocycles. The summed E-state index contributed by atoms with van der Waals surface area (Å²) in [6, 6.07) is 11.9. The highest BCUT2D eigenvalue weighted by Gasteiger charge is 2.40. The molecule has 1 amide bonds. The molecule has 2 aromatic carbocycles. The SMILES string of the molecule is COc1cc(N2CCN(C3CCN(C)CC3)CC2)ccc1Nc1ncc(C(F)(F)F)c(CCc2cccc3c2C(C)(C)C(=O)N3)n1. The molecule has 6 rings (SSSR count). The average Bonchev–Trinajstić information content (AvgIpc) is 3.28. The molecule has 0 atom stereocenters. The largest absolute Gasteiger partial charge is 0.494 e. The zero-order valence-electron chi connectivity index (χ0n) is 26.9. The molecule has 0 unspecified atom stereocenters. The Bertz CT molecular complexity index is 1580. The number of nitrogens with one attached hydrogen (secondary N) is 2. The molecule has 1 aromatic heterocycles. The number of methoxy groups -OCH3 is 1. The van der Waals surface area contributed by atoms with E-state index in [1.165, 1.54) is 12.8 Å². The van der Waals surface area contributed by atoms with Crippen LogP contribution in [0.4, 0.5) is 36.2 Å². The van der Waals surface area contributed by atoms with Crippen molar-refractivity contribution in [1.29, 1.82) is 0 Å². The Hall–Kier alpha value is -3.90. The lowest BCUT2D eigenvalue weighted by Gasteiger charge is -2.43. The Labute approximate surface area is 268 Å². The number of piperazine rings is 1. The molecule has 0 spiro atoms. The van der Waals surface area contributed by atoms with Gasteiger partial charge in [0, 0.05) is 55.9 Å². The number of rotatable bonds is 8. The van der Waals surface area contributed by atoms with E-state index >= 15 is 0 Å². The van der Waals surface area contributed by atoms with Gasteiger partial charge in [-0.3, -0.25) is 9.69 Å². The number of piperidine rings is 1. The Morgan fingerprint density at radius 2 is 1.78 bits per heavy atom. The topological polar surface area (TPSA) is 85.9 Å². The first kappa shape index (κ1) is 32.1. The Morgan fingerprint density at radius 3 is 2.48 bits per heavy atom. The third-order valence-corrected chi connectivity index (χ3v) is 9.71. The highest BCUT2D eigenvalue weighted by Crippen LogP contribution is 2.41. The second-order valence-corrected chi connectivity index (χ2v) is 13.0. The number of amides is 1. The zero-order valence-corrected chi connectivity index (χ0v) is 26.9. The monoisotopic (exact) mass is 637 g/mol. The molecule has 3 aliphatic heterocycles. The predicted molar refractivity (Wildman–Crippen MR) is 173 cm³/mol. The molecule has 0 bridgehead atoms. The molecule has 0 saturated carbocycles. The highest BCUT2D eigenvalue weighted by atomic mass is 19.4. The highest BCUT2D eigenvalue weighted by molar-refractivity contribution is 6.06. The van der Waals surface area contributed by atoms with Gasteiger partial charge in [-0.1, -0.05) is 12.1 Å². The maximum Gasteiger partial charge on any atom is 0.419 e. The number of nitrogens with zero attached hydrogens (tertiary/aromatic N) is 5. The zero-order chi connectivity index (χ0) is 32.6. The minimum absolute atomic E-state index is 0.0202. The van der Waals surface area contributed by atoms with E-state index in [0.29, 0.717) is 23.2 Å². The van der Waals surface area contributed by atoms with Crippen LogP contribution in [0, 0.1) is 0 Å². The first-order valence-corrected chi connectivity index (χ1v) is 15.9. The van der Waals surface area contributed by atoms with Gasteiger partial charge in [0.05, 0.1) is 29.5 Å². The van der Waals surface area contributed by atoms with Gasteiger partial charge in [0.2, 0.25) is 11.9 Å². The van der Waals surface area contributed by atoms with Crippen molar-refractivity contribution >= 4 is 28.9 Å². The van der Waals surface area contributed by atoms with Gasteiger partial charge in [-0.05, 0) is 89.0 Å². The van der Waals surface area contributed by atoms with Crippen LogP contribution >= 0.6 is 0 Å². The van der Waals surface area contributed by atoms with Gasteiger partial charge < -0.3 is 25.2 Å². The molecule has 0 radical (unpaired) electrons. The Balaban J connectivity index is 1.17. The van der Waals surface area contributed by atoms with Gasteiger partial charge in [-0.15, -0.1) is 0 Å². The molecule has 2 fully saturated rings. The van der Waals surface area contributed by atoms with E-state index < -0.39 is 17.2 Å². The van der Waals surface area contributed by atoms with Crippen LogP contribution < -0.4 is 20.3 Å². The third-order valence-electron chi connectivity index (χ3n) is 9.71. The maximum absolute atomic E-state index is 14.0. The summed E-state index contributed by atoms with van der Waals surface area (Å²) in [5, 5.41) is 5.96. The number of hydrogen-bond donors (Lipinski definition) is 2. The summed E-state index contributed by atoms with van der Waals surface area (Å²) in [7, 11) is 3.75. The third kappa shape index (κ3) is 6.50. The van der Waals surface area contributed by atoms with Crippen LogP contribution in [0.1, 0.15) is 49.1 Å². The number of ether oxygens (including phenoxy) is 1. The van der Waals surface area contributed by atoms with Crippen LogP contribution in [0.25, 0.3) is 0 Å². The van der Waals surface area contributed by atoms with Gasteiger partial charge >= 0.3 is 6.18 Å². The van der Waals surface area contributed by atoms with Crippen LogP contribution in [0.3, 0.4) is 0 Å². The van der Waals surface area contributed by atoms with Gasteiger partial charge in [0.25, 0.3) is 0 Å². The van der Waals surface area contributed by atoms with Crippen molar-refractivity contribution in [2.24, 2.45) is 0 Å². The number of anilines is 4. The maximum atomic E-state index is 14.0. The number of likely N-dealkylation sites (tertiary alicyclic amines) is 1. The molecule has 246 valence electrons. The molecular formula is C34H42F3N7O2. The minimum atomic E-state index is -4.61. The Morgan fingerprint density at radius 1 is 1.04 bits per heavy atom. The molecule has 3 aliphatic rings. The van der Waals surface area contributed by atoms with Crippen molar-refractivity contribution < 1.29 is 22.7 Å². The number of benzene rings is 2. The van der Waals surface area contributed by atoms with Crippen molar-refractivity contribution in [3.8, 4) is 5.75 Å². The first-order valence-electron chi connectivity index (χ1n) is 15.9. The standard InChI is InChI=1S/C34H42F3N7O2/c1-33(2)30-22(6-5-7-28(30)39-31(33)45)8-10-26-25(34(35,36)37)21-38-32(40-26)41-27-11-9-24(20-29(27)46-4)44-18-16-43(17-19-44)23-12-14-42(3)15-13-23/h5-7,9,11,20-21,23H,8,10,12-19H2,1-4H3,(H,39,45)(H,38,40,41). The van der Waals surface area contributed by atoms with E-state index in [0.717, 1.165) is 62.3 Å². The van der Waals surface area contributed by atoms with E-state index in [1.54, 1.807) is 13.2 Å². The number of aryl methyl sites for hydroxylation is 2. The molecule has 46 heavy (non-hydrogen) atoms. The van der Waals surface area contributed by atoms with Crippen molar-refractivity contribution in [1.82, 2.24) is 19.8 Å². The van der Waals surface area contributed by atoms with E-state index in [4.69, 9.17) is 4.74 Å². The normalized spacial score (nSPS) is 19.2. The summed E-state index contributed by atoms with van der Waals surface area (Å²) in [5.41, 5.74) is 2.15. The molecule has 3 aromatic rings. The lowest BCUT2D eigenvalue weighted by molar-refractivity contribution is -0.138. The van der Waals surface area contributed by atoms with E-state index in [-0.39, 0.29) is 30.4 Å². The van der Waals surface area contributed by atoms with Crippen LogP contribution in [0.2, 0.25) is 0 Å². The summed E-state index contributed by atoms with van der Waals surface area (Å²) in [6.07, 6.45) is -1.05. The molecular weight excluding hydrogens is 595 g/mol. The fourth-order valence-corrected chi connectivity index (χ4v) is 7.01. The number of carbonyl (C=O) groups is 1. The molecule has 0 aliphatic carbocycles. The fourth-order valence-electron chi connectivity index (χ4n) is 7.01. The van der Waals surface area contributed by atoms with Gasteiger partial charge in [-0.25, -0.2) is 9.97 Å². The van der Waals surface area contributed by atoms with Crippen LogP contribution in [0.15, 0.2) is 42.6 Å². The summed E-state index contributed by atoms with van der Waals surface area (Å²) in [6.45, 7) is 9.78. The average molecular weight is 638 g/mol. The number of carbonyl (C=O) groups excluding carboxylic acids is 1. The first-order chi connectivity index (χ1) is 21.9. The van der Waals surface area contributed by atoms with Gasteiger partial charge in [0.15, 0.2) is 0 Å². The van der Waals surface area contributed by atoms with Crippen molar-refractivity contribution in [2.75, 3.05) is 69.0 Å². The molecule has 12 heteroatoms. The summed E-state index contributed by atoms with van der Waals surface area (Å²) in [5.74, 6) is 0.477. The summed E-state index contributed by atoms with van der Waals surface area (Å²) in [4.78, 5) is 28.2. The summed E-state index contributed by atoms with van der Waals surface area (Å²) < 4.78 is 47.8. The second kappa shape index (κ2) is 12.7. The lowest BCUT2D eigenvalue weighted by atomic mass is 9.82. The van der Waals surface area contributed by atoms with E-state index in [1.807, 2.05) is 44.2 Å². The van der Waals surface area contributed by atoms with Crippen molar-refractivity contribution in [2.45, 2.75) is 57.2 Å². The van der Waals surface area contributed by atoms with Crippen molar-refractivity contribution in [3.63, 3.8) is 0 Å². The molecule has 2 N–H and O–H groups in total. The van der Waals surface area contributed by atoms with Crippen LogP contribution in [-0.2, 0) is 29.2 Å². The van der Waals surface area contributed by atoms with Crippen LogP contribution in [-0.4, -0.2) is 85.1 Å². The molecule has 2 saturated heterocycles. The Kier molecular flexibility index (Phi) is 8.86.